The molecule has 1 aromatic carbocycles. The molecule has 17 heavy (non-hydrogen) atoms. The Kier molecular flexibility index (Phi) is 5.88. The monoisotopic (exact) mass is 271 g/mol. The standard InChI is InChI=1S/C12H17NO2S2/c1-8(11(7-14)17-2)13-12(15)9-3-5-10(16)6-4-9/h3-6,8,11,14,16H,7H2,1-2H3,(H,13,15). The summed E-state index contributed by atoms with van der Waals surface area (Å²) in [6, 6.07) is 6.95. The fourth-order valence-corrected chi connectivity index (χ4v) is 2.21. The molecule has 0 bridgehead atoms. The summed E-state index contributed by atoms with van der Waals surface area (Å²) in [6.07, 6.45) is 1.92. The molecule has 0 aliphatic heterocycles. The Morgan fingerprint density at radius 1 is 1.47 bits per heavy atom. The topological polar surface area (TPSA) is 49.3 Å². The van der Waals surface area contributed by atoms with Crippen LogP contribution < -0.4 is 5.32 Å². The van der Waals surface area contributed by atoms with Gasteiger partial charge in [0.25, 0.3) is 5.91 Å². The molecule has 1 amide bonds. The lowest BCUT2D eigenvalue weighted by Crippen LogP contribution is -2.41. The van der Waals surface area contributed by atoms with Gasteiger partial charge in [-0.2, -0.15) is 11.8 Å². The van der Waals surface area contributed by atoms with Gasteiger partial charge in [-0.25, -0.2) is 0 Å². The third-order valence-electron chi connectivity index (χ3n) is 2.53. The molecular formula is C12H17NO2S2. The normalized spacial score (nSPS) is 14.1. The largest absolute Gasteiger partial charge is 0.395 e. The highest BCUT2D eigenvalue weighted by atomic mass is 32.2. The number of carbonyl (C=O) groups excluding carboxylic acids is 1. The molecule has 0 saturated heterocycles. The fourth-order valence-electron chi connectivity index (χ4n) is 1.43. The van der Waals surface area contributed by atoms with Gasteiger partial charge in [-0.1, -0.05) is 0 Å². The van der Waals surface area contributed by atoms with Crippen molar-refractivity contribution in [2.24, 2.45) is 0 Å². The van der Waals surface area contributed by atoms with Gasteiger partial charge in [-0.15, -0.1) is 12.6 Å². The number of thiol groups is 1. The molecular weight excluding hydrogens is 254 g/mol. The highest BCUT2D eigenvalue weighted by Gasteiger charge is 2.17. The smallest absolute Gasteiger partial charge is 0.251 e. The van der Waals surface area contributed by atoms with Crippen LogP contribution in [0.25, 0.3) is 0 Å². The van der Waals surface area contributed by atoms with Crippen molar-refractivity contribution in [1.29, 1.82) is 0 Å². The molecule has 0 spiro atoms. The van der Waals surface area contributed by atoms with Crippen LogP contribution in [0.4, 0.5) is 0 Å². The van der Waals surface area contributed by atoms with E-state index in [-0.39, 0.29) is 23.8 Å². The second-order valence-electron chi connectivity index (χ2n) is 3.77. The van der Waals surface area contributed by atoms with Crippen molar-refractivity contribution in [3.63, 3.8) is 0 Å². The van der Waals surface area contributed by atoms with Gasteiger partial charge in [-0.05, 0) is 37.4 Å². The van der Waals surface area contributed by atoms with E-state index in [1.807, 2.05) is 13.2 Å². The number of thioether (sulfide) groups is 1. The summed E-state index contributed by atoms with van der Waals surface area (Å²) < 4.78 is 0. The van der Waals surface area contributed by atoms with Gasteiger partial charge in [-0.3, -0.25) is 4.79 Å². The van der Waals surface area contributed by atoms with E-state index in [4.69, 9.17) is 5.11 Å². The highest BCUT2D eigenvalue weighted by Crippen LogP contribution is 2.12. The van der Waals surface area contributed by atoms with E-state index < -0.39 is 0 Å². The van der Waals surface area contributed by atoms with Crippen LogP contribution in [0.5, 0.6) is 0 Å². The van der Waals surface area contributed by atoms with Crippen LogP contribution in [0.15, 0.2) is 29.2 Å². The van der Waals surface area contributed by atoms with Crippen LogP contribution in [0.2, 0.25) is 0 Å². The summed E-state index contributed by atoms with van der Waals surface area (Å²) >= 11 is 5.71. The maximum atomic E-state index is 11.9. The molecule has 0 aliphatic rings. The van der Waals surface area contributed by atoms with E-state index in [2.05, 4.69) is 17.9 Å². The van der Waals surface area contributed by atoms with E-state index >= 15 is 0 Å². The summed E-state index contributed by atoms with van der Waals surface area (Å²) in [5, 5.41) is 12.0. The van der Waals surface area contributed by atoms with Crippen molar-refractivity contribution in [1.82, 2.24) is 5.32 Å². The number of benzene rings is 1. The molecule has 0 saturated carbocycles. The molecule has 2 unspecified atom stereocenters. The predicted octanol–water partition coefficient (Wildman–Crippen LogP) is 1.82. The number of hydrogen-bond acceptors (Lipinski definition) is 4. The van der Waals surface area contributed by atoms with Crippen molar-refractivity contribution in [3.8, 4) is 0 Å². The Morgan fingerprint density at radius 2 is 2.06 bits per heavy atom. The fraction of sp³-hybridized carbons (Fsp3) is 0.417. The van der Waals surface area contributed by atoms with Gasteiger partial charge in [0.1, 0.15) is 0 Å². The number of amides is 1. The second-order valence-corrected chi connectivity index (χ2v) is 5.36. The van der Waals surface area contributed by atoms with Gasteiger partial charge >= 0.3 is 0 Å². The number of nitrogens with one attached hydrogen (secondary N) is 1. The zero-order valence-electron chi connectivity index (χ0n) is 9.88. The summed E-state index contributed by atoms with van der Waals surface area (Å²) in [6.45, 7) is 1.94. The summed E-state index contributed by atoms with van der Waals surface area (Å²) in [4.78, 5) is 12.7. The molecule has 0 aromatic heterocycles. The van der Waals surface area contributed by atoms with E-state index in [0.717, 1.165) is 4.90 Å². The first-order valence-corrected chi connectivity index (χ1v) is 7.05. The third kappa shape index (κ3) is 4.26. The Labute approximate surface area is 111 Å². The number of aliphatic hydroxyl groups is 1. The van der Waals surface area contributed by atoms with Crippen molar-refractivity contribution in [2.45, 2.75) is 23.1 Å². The van der Waals surface area contributed by atoms with Crippen molar-refractivity contribution < 1.29 is 9.90 Å². The van der Waals surface area contributed by atoms with Crippen LogP contribution in [0.1, 0.15) is 17.3 Å². The lowest BCUT2D eigenvalue weighted by Gasteiger charge is -2.21. The highest BCUT2D eigenvalue weighted by molar-refractivity contribution is 7.99. The number of carbonyl (C=O) groups is 1. The second kappa shape index (κ2) is 6.93. The first-order valence-electron chi connectivity index (χ1n) is 5.32. The van der Waals surface area contributed by atoms with E-state index in [9.17, 15) is 4.79 Å². The Morgan fingerprint density at radius 3 is 2.53 bits per heavy atom. The summed E-state index contributed by atoms with van der Waals surface area (Å²) in [5.74, 6) is -0.127. The van der Waals surface area contributed by atoms with Crippen LogP contribution in [-0.4, -0.2) is 35.2 Å². The number of hydrogen-bond donors (Lipinski definition) is 3. The predicted molar refractivity (Wildman–Crippen MR) is 75.0 cm³/mol. The summed E-state index contributed by atoms with van der Waals surface area (Å²) in [7, 11) is 0. The minimum absolute atomic E-state index is 0.0168. The van der Waals surface area contributed by atoms with E-state index in [1.165, 1.54) is 0 Å². The molecule has 2 atom stereocenters. The quantitative estimate of drug-likeness (QED) is 0.716. The third-order valence-corrected chi connectivity index (χ3v) is 3.99. The van der Waals surface area contributed by atoms with Crippen molar-refractivity contribution in [2.75, 3.05) is 12.9 Å². The molecule has 5 heteroatoms. The molecule has 0 fully saturated rings. The van der Waals surface area contributed by atoms with E-state index in [0.29, 0.717) is 5.56 Å². The lowest BCUT2D eigenvalue weighted by molar-refractivity contribution is 0.0936. The van der Waals surface area contributed by atoms with Crippen LogP contribution >= 0.6 is 24.4 Å². The van der Waals surface area contributed by atoms with Gasteiger partial charge < -0.3 is 10.4 Å². The van der Waals surface area contributed by atoms with Gasteiger partial charge in [0.2, 0.25) is 0 Å². The minimum Gasteiger partial charge on any atom is -0.395 e. The molecule has 94 valence electrons. The Bertz CT molecular complexity index is 363. The van der Waals surface area contributed by atoms with Crippen LogP contribution in [0, 0.1) is 0 Å². The number of rotatable bonds is 5. The molecule has 3 nitrogen and oxygen atoms in total. The first kappa shape index (κ1) is 14.4. The number of aliphatic hydroxyl groups excluding tert-OH is 1. The average Bonchev–Trinajstić information content (AvgIpc) is 2.31. The first-order chi connectivity index (χ1) is 8.08. The molecule has 1 rings (SSSR count). The zero-order valence-corrected chi connectivity index (χ0v) is 11.6. The Balaban J connectivity index is 2.62. The zero-order chi connectivity index (χ0) is 12.8. The van der Waals surface area contributed by atoms with Gasteiger partial charge in [0, 0.05) is 21.8 Å². The molecule has 0 heterocycles. The molecule has 2 N–H and O–H groups in total. The van der Waals surface area contributed by atoms with E-state index in [1.54, 1.807) is 36.0 Å². The molecule has 0 aliphatic carbocycles. The van der Waals surface area contributed by atoms with Gasteiger partial charge in [0.15, 0.2) is 0 Å². The lowest BCUT2D eigenvalue weighted by atomic mass is 10.2. The SMILES string of the molecule is CSC(CO)C(C)NC(=O)c1ccc(S)cc1. The minimum atomic E-state index is -0.127. The van der Waals surface area contributed by atoms with Crippen molar-refractivity contribution >= 4 is 30.3 Å². The van der Waals surface area contributed by atoms with Crippen LogP contribution in [-0.2, 0) is 0 Å². The van der Waals surface area contributed by atoms with Crippen molar-refractivity contribution in [3.05, 3.63) is 29.8 Å². The maximum Gasteiger partial charge on any atom is 0.251 e. The van der Waals surface area contributed by atoms with Crippen LogP contribution in [0.3, 0.4) is 0 Å². The Hall–Kier alpha value is -0.650. The maximum absolute atomic E-state index is 11.9. The summed E-state index contributed by atoms with van der Waals surface area (Å²) in [5.41, 5.74) is 0.604. The average molecular weight is 271 g/mol. The molecule has 1 aromatic rings. The molecule has 0 radical (unpaired) electrons. The van der Waals surface area contributed by atoms with Gasteiger partial charge in [0.05, 0.1) is 6.61 Å².